The third kappa shape index (κ3) is 7.66. The Morgan fingerprint density at radius 2 is 1.88 bits per heavy atom. The summed E-state index contributed by atoms with van der Waals surface area (Å²) in [5, 5.41) is 6.36. The Bertz CT molecular complexity index is 663. The molecule has 2 rings (SSSR count). The largest absolute Gasteiger partial charge is 0.349 e. The fraction of sp³-hybridized carbons (Fsp3) is 0.333. The minimum absolute atomic E-state index is 0. The Hall–Kier alpha value is -0.600. The van der Waals surface area contributed by atoms with Gasteiger partial charge in [-0.25, -0.2) is 4.98 Å². The highest BCUT2D eigenvalue weighted by molar-refractivity contribution is 7.13. The normalized spacial score (nSPS) is 10.1. The van der Waals surface area contributed by atoms with Crippen molar-refractivity contribution in [3.05, 3.63) is 39.3 Å². The van der Waals surface area contributed by atoms with Gasteiger partial charge in [0.05, 0.1) is 0 Å². The number of nitrogens with one attached hydrogen (secondary N) is 1. The molecule has 140 valence electrons. The van der Waals surface area contributed by atoms with Crippen molar-refractivity contribution in [3.63, 3.8) is 0 Å². The summed E-state index contributed by atoms with van der Waals surface area (Å²) >= 11 is 13.4. The lowest BCUT2D eigenvalue weighted by Crippen LogP contribution is -2.35. The van der Waals surface area contributed by atoms with Gasteiger partial charge in [0.15, 0.2) is 0 Å². The van der Waals surface area contributed by atoms with Crippen molar-refractivity contribution in [2.24, 2.45) is 5.73 Å². The first-order valence-corrected chi connectivity index (χ1v) is 8.72. The van der Waals surface area contributed by atoms with Crippen LogP contribution < -0.4 is 11.1 Å². The molecule has 0 aliphatic carbocycles. The van der Waals surface area contributed by atoms with Gasteiger partial charge in [-0.15, -0.1) is 36.2 Å². The molecule has 1 heterocycles. The van der Waals surface area contributed by atoms with Gasteiger partial charge in [-0.2, -0.15) is 0 Å². The topological polar surface area (TPSA) is 71.2 Å². The van der Waals surface area contributed by atoms with E-state index in [0.29, 0.717) is 33.8 Å². The molecule has 0 saturated heterocycles. The molecule has 0 spiro atoms. The second kappa shape index (κ2) is 11.9. The van der Waals surface area contributed by atoms with Crippen molar-refractivity contribution >= 4 is 65.3 Å². The second-order valence-corrected chi connectivity index (χ2v) is 6.77. The van der Waals surface area contributed by atoms with Gasteiger partial charge < -0.3 is 16.0 Å². The van der Waals surface area contributed by atoms with Crippen LogP contribution in [0.1, 0.15) is 10.5 Å². The lowest BCUT2D eigenvalue weighted by atomic mass is 10.2. The van der Waals surface area contributed by atoms with E-state index in [1.54, 1.807) is 23.6 Å². The quantitative estimate of drug-likeness (QED) is 0.683. The molecule has 0 bridgehead atoms. The van der Waals surface area contributed by atoms with E-state index in [1.807, 2.05) is 7.05 Å². The minimum Gasteiger partial charge on any atom is -0.349 e. The molecule has 0 atom stereocenters. The summed E-state index contributed by atoms with van der Waals surface area (Å²) in [5.41, 5.74) is 6.67. The van der Waals surface area contributed by atoms with Gasteiger partial charge in [0.25, 0.3) is 5.91 Å². The summed E-state index contributed by atoms with van der Waals surface area (Å²) in [6.45, 7) is 2.68. The number of benzene rings is 1. The van der Waals surface area contributed by atoms with E-state index in [2.05, 4.69) is 15.2 Å². The number of amides is 1. The highest BCUT2D eigenvalue weighted by atomic mass is 35.5. The molecule has 2 aromatic rings. The van der Waals surface area contributed by atoms with E-state index < -0.39 is 0 Å². The molecule has 5 nitrogen and oxygen atoms in total. The molecular weight excluding hydrogens is 426 g/mol. The van der Waals surface area contributed by atoms with Crippen LogP contribution in [-0.4, -0.2) is 49.0 Å². The highest BCUT2D eigenvalue weighted by Gasteiger charge is 2.12. The van der Waals surface area contributed by atoms with E-state index in [4.69, 9.17) is 28.9 Å². The number of thiazole rings is 1. The van der Waals surface area contributed by atoms with Crippen LogP contribution in [0.5, 0.6) is 0 Å². The number of hydrogen-bond donors (Lipinski definition) is 2. The molecule has 1 aromatic carbocycles. The number of nitrogens with zero attached hydrogens (tertiary/aromatic N) is 2. The van der Waals surface area contributed by atoms with Crippen LogP contribution in [0.3, 0.4) is 0 Å². The van der Waals surface area contributed by atoms with E-state index in [-0.39, 0.29) is 30.7 Å². The predicted octanol–water partition coefficient (Wildman–Crippen LogP) is 3.58. The third-order valence-corrected chi connectivity index (χ3v) is 4.46. The van der Waals surface area contributed by atoms with E-state index >= 15 is 0 Å². The van der Waals surface area contributed by atoms with E-state index in [1.165, 1.54) is 11.3 Å². The zero-order chi connectivity index (χ0) is 16.8. The molecule has 0 aliphatic heterocycles. The second-order valence-electron chi connectivity index (χ2n) is 5.04. The molecular formula is C15H20Cl4N4OS. The van der Waals surface area contributed by atoms with Crippen LogP contribution in [0, 0.1) is 0 Å². The molecule has 0 aliphatic rings. The van der Waals surface area contributed by atoms with Crippen molar-refractivity contribution in [1.82, 2.24) is 15.2 Å². The Morgan fingerprint density at radius 1 is 1.24 bits per heavy atom. The zero-order valence-electron chi connectivity index (χ0n) is 13.5. The van der Waals surface area contributed by atoms with Crippen LogP contribution in [0.25, 0.3) is 10.6 Å². The lowest BCUT2D eigenvalue weighted by Gasteiger charge is -2.15. The standard InChI is InChI=1S/C15H18Cl2N4OS.2ClH/c1-21(4-2-18)5-3-19-14(22)13-9-23-15(20-13)10-6-11(16)8-12(17)7-10;;/h6-9H,2-5,18H2,1H3,(H,19,22);2*1H. The van der Waals surface area contributed by atoms with Crippen LogP contribution in [-0.2, 0) is 0 Å². The number of carbonyl (C=O) groups excluding carboxylic acids is 1. The van der Waals surface area contributed by atoms with Crippen molar-refractivity contribution < 1.29 is 4.79 Å². The number of rotatable bonds is 7. The molecule has 0 saturated carbocycles. The Labute approximate surface area is 173 Å². The predicted molar refractivity (Wildman–Crippen MR) is 111 cm³/mol. The summed E-state index contributed by atoms with van der Waals surface area (Å²) in [6, 6.07) is 5.21. The van der Waals surface area contributed by atoms with Crippen molar-refractivity contribution in [2.45, 2.75) is 0 Å². The fourth-order valence-corrected chi connectivity index (χ4v) is 3.29. The zero-order valence-corrected chi connectivity index (χ0v) is 17.5. The van der Waals surface area contributed by atoms with Gasteiger partial charge in [-0.1, -0.05) is 23.2 Å². The maximum atomic E-state index is 12.1. The Morgan fingerprint density at radius 3 is 2.48 bits per heavy atom. The maximum Gasteiger partial charge on any atom is 0.270 e. The summed E-state index contributed by atoms with van der Waals surface area (Å²) in [4.78, 5) is 18.5. The SMILES string of the molecule is CN(CCN)CCNC(=O)c1csc(-c2cc(Cl)cc(Cl)c2)n1.Cl.Cl. The Balaban J connectivity index is 0.00000288. The third-order valence-electron chi connectivity index (χ3n) is 3.14. The summed E-state index contributed by atoms with van der Waals surface area (Å²) in [6.07, 6.45) is 0. The number of carbonyl (C=O) groups is 1. The molecule has 1 amide bonds. The molecule has 10 heteroatoms. The fourth-order valence-electron chi connectivity index (χ4n) is 1.97. The summed E-state index contributed by atoms with van der Waals surface area (Å²) in [7, 11) is 1.96. The molecule has 1 aromatic heterocycles. The first-order valence-electron chi connectivity index (χ1n) is 7.08. The van der Waals surface area contributed by atoms with Crippen LogP contribution in [0.2, 0.25) is 10.0 Å². The van der Waals surface area contributed by atoms with Crippen molar-refractivity contribution in [1.29, 1.82) is 0 Å². The summed E-state index contributed by atoms with van der Waals surface area (Å²) in [5.74, 6) is -0.193. The smallest absolute Gasteiger partial charge is 0.270 e. The van der Waals surface area contributed by atoms with Crippen molar-refractivity contribution in [3.8, 4) is 10.6 Å². The molecule has 3 N–H and O–H groups in total. The average Bonchev–Trinajstić information content (AvgIpc) is 2.96. The van der Waals surface area contributed by atoms with Gasteiger partial charge in [-0.3, -0.25) is 4.79 Å². The molecule has 25 heavy (non-hydrogen) atoms. The Kier molecular flexibility index (Phi) is 11.6. The number of hydrogen-bond acceptors (Lipinski definition) is 5. The monoisotopic (exact) mass is 444 g/mol. The number of likely N-dealkylation sites (N-methyl/N-ethyl adjacent to an activating group) is 1. The van der Waals surface area contributed by atoms with E-state index in [0.717, 1.165) is 18.7 Å². The van der Waals surface area contributed by atoms with E-state index in [9.17, 15) is 4.79 Å². The number of aromatic nitrogens is 1. The van der Waals surface area contributed by atoms with Crippen molar-refractivity contribution in [2.75, 3.05) is 33.2 Å². The van der Waals surface area contributed by atoms with Gasteiger partial charge in [0, 0.05) is 47.2 Å². The van der Waals surface area contributed by atoms with Gasteiger partial charge in [0.1, 0.15) is 10.7 Å². The average molecular weight is 446 g/mol. The van der Waals surface area contributed by atoms with Gasteiger partial charge >= 0.3 is 0 Å². The molecule has 0 radical (unpaired) electrons. The molecule has 0 unspecified atom stereocenters. The number of nitrogens with two attached hydrogens (primary N) is 1. The van der Waals surface area contributed by atoms with Gasteiger partial charge in [-0.05, 0) is 25.2 Å². The lowest BCUT2D eigenvalue weighted by molar-refractivity contribution is 0.0946. The molecule has 0 fully saturated rings. The van der Waals surface area contributed by atoms with Gasteiger partial charge in [0.2, 0.25) is 0 Å². The minimum atomic E-state index is -0.193. The van der Waals surface area contributed by atoms with Crippen LogP contribution >= 0.6 is 59.4 Å². The highest BCUT2D eigenvalue weighted by Crippen LogP contribution is 2.29. The van der Waals surface area contributed by atoms with Crippen LogP contribution in [0.15, 0.2) is 23.6 Å². The first kappa shape index (κ1) is 24.4. The first-order chi connectivity index (χ1) is 11.0. The maximum absolute atomic E-state index is 12.1. The number of halogens is 4. The summed E-state index contributed by atoms with van der Waals surface area (Å²) < 4.78 is 0. The van der Waals surface area contributed by atoms with Crippen LogP contribution in [0.4, 0.5) is 0 Å².